The van der Waals surface area contributed by atoms with Gasteiger partial charge in [0.2, 0.25) is 12.7 Å². The van der Waals surface area contributed by atoms with Gasteiger partial charge in [-0.15, -0.1) is 0 Å². The molecule has 7 nitrogen and oxygen atoms in total. The first-order valence-electron chi connectivity index (χ1n) is 11.1. The van der Waals surface area contributed by atoms with Gasteiger partial charge in [0.15, 0.2) is 11.5 Å². The van der Waals surface area contributed by atoms with E-state index in [-0.39, 0.29) is 19.3 Å². The number of rotatable bonds is 9. The maximum atomic E-state index is 10.2. The van der Waals surface area contributed by atoms with E-state index in [0.717, 1.165) is 29.7 Å². The summed E-state index contributed by atoms with van der Waals surface area (Å²) in [6.07, 6.45) is 6.08. The van der Waals surface area contributed by atoms with Gasteiger partial charge in [0.1, 0.15) is 23.1 Å². The summed E-state index contributed by atoms with van der Waals surface area (Å²) in [4.78, 5) is 4.77. The number of benzene rings is 2. The predicted molar refractivity (Wildman–Crippen MR) is 128 cm³/mol. The Morgan fingerprint density at radius 3 is 2.59 bits per heavy atom. The summed E-state index contributed by atoms with van der Waals surface area (Å²) in [5, 5.41) is 19.6. The molecule has 1 aliphatic rings. The largest absolute Gasteiger partial charge is 0.497 e. The third-order valence-corrected chi connectivity index (χ3v) is 5.49. The first-order valence-corrected chi connectivity index (χ1v) is 11.1. The third-order valence-electron chi connectivity index (χ3n) is 5.49. The number of aliphatic hydroxyl groups excluding tert-OH is 1. The second-order valence-corrected chi connectivity index (χ2v) is 7.67. The van der Waals surface area contributed by atoms with Gasteiger partial charge in [-0.05, 0) is 42.7 Å². The number of ether oxygens (including phenoxy) is 4. The number of hydrogen-bond acceptors (Lipinski definition) is 7. The molecule has 2 aromatic carbocycles. The van der Waals surface area contributed by atoms with Crippen molar-refractivity contribution in [1.82, 2.24) is 4.98 Å². The number of nitriles is 1. The van der Waals surface area contributed by atoms with Gasteiger partial charge in [-0.3, -0.25) is 0 Å². The smallest absolute Gasteiger partial charge is 0.238 e. The number of pyridine rings is 1. The fourth-order valence-electron chi connectivity index (χ4n) is 3.80. The average molecular weight is 459 g/mol. The van der Waals surface area contributed by atoms with Crippen molar-refractivity contribution in [2.75, 3.05) is 20.5 Å². The molecule has 0 aliphatic carbocycles. The number of aryl methyl sites for hydroxylation is 1. The van der Waals surface area contributed by atoms with E-state index in [2.05, 4.69) is 13.0 Å². The molecule has 7 heteroatoms. The van der Waals surface area contributed by atoms with Gasteiger partial charge in [-0.2, -0.15) is 5.26 Å². The molecule has 0 spiro atoms. The molecule has 3 aromatic rings. The van der Waals surface area contributed by atoms with Crippen LogP contribution in [-0.2, 0) is 6.42 Å². The number of aliphatic hydroxyl groups is 1. The van der Waals surface area contributed by atoms with Gasteiger partial charge < -0.3 is 24.1 Å². The summed E-state index contributed by atoms with van der Waals surface area (Å²) in [6, 6.07) is 15.0. The van der Waals surface area contributed by atoms with Crippen molar-refractivity contribution in [1.29, 1.82) is 5.26 Å². The molecule has 0 fully saturated rings. The van der Waals surface area contributed by atoms with Crippen LogP contribution in [0.4, 0.5) is 0 Å². The lowest BCUT2D eigenvalue weighted by Gasteiger charge is -2.18. The zero-order valence-electron chi connectivity index (χ0n) is 19.2. The van der Waals surface area contributed by atoms with Crippen molar-refractivity contribution in [2.45, 2.75) is 26.2 Å². The Morgan fingerprint density at radius 2 is 1.88 bits per heavy atom. The minimum absolute atomic E-state index is 0.118. The Balaban J connectivity index is 1.89. The first-order chi connectivity index (χ1) is 16.7. The maximum absolute atomic E-state index is 10.2. The summed E-state index contributed by atoms with van der Waals surface area (Å²) < 4.78 is 22.3. The normalized spacial score (nSPS) is 12.1. The van der Waals surface area contributed by atoms with E-state index in [1.165, 1.54) is 0 Å². The molecular weight excluding hydrogens is 432 g/mol. The highest BCUT2D eigenvalue weighted by Gasteiger charge is 2.22. The molecule has 0 unspecified atom stereocenters. The molecule has 0 amide bonds. The second kappa shape index (κ2) is 10.7. The van der Waals surface area contributed by atoms with Gasteiger partial charge in [0.05, 0.1) is 19.4 Å². The molecule has 0 radical (unpaired) electrons. The van der Waals surface area contributed by atoms with E-state index in [0.29, 0.717) is 40.5 Å². The SMILES string of the molecule is CCCCc1nc(Oc2ccc3c(c2)OCO3)c(C#N)c(-c2ccc(OC)cc2)c1C=CCO. The number of nitrogens with zero attached hydrogens (tertiary/aromatic N) is 2. The Bertz CT molecular complexity index is 1230. The molecule has 0 atom stereocenters. The van der Waals surface area contributed by atoms with E-state index >= 15 is 0 Å². The van der Waals surface area contributed by atoms with Crippen LogP contribution in [0.25, 0.3) is 17.2 Å². The summed E-state index contributed by atoms with van der Waals surface area (Å²) in [6.45, 7) is 2.16. The Labute approximate surface area is 198 Å². The molecule has 0 saturated carbocycles. The highest BCUT2D eigenvalue weighted by Crippen LogP contribution is 2.40. The Morgan fingerprint density at radius 1 is 1.12 bits per heavy atom. The number of methoxy groups -OCH3 is 1. The molecule has 4 rings (SSSR count). The quantitative estimate of drug-likeness (QED) is 0.453. The van der Waals surface area contributed by atoms with Crippen molar-refractivity contribution < 1.29 is 24.1 Å². The Hall–Kier alpha value is -4.02. The van der Waals surface area contributed by atoms with Crippen LogP contribution in [0.15, 0.2) is 48.5 Å². The van der Waals surface area contributed by atoms with E-state index < -0.39 is 0 Å². The lowest BCUT2D eigenvalue weighted by molar-refractivity contribution is 0.174. The van der Waals surface area contributed by atoms with Crippen LogP contribution < -0.4 is 18.9 Å². The van der Waals surface area contributed by atoms with Gasteiger partial charge in [0.25, 0.3) is 0 Å². The van der Waals surface area contributed by atoms with Gasteiger partial charge in [0, 0.05) is 17.2 Å². The van der Waals surface area contributed by atoms with Gasteiger partial charge >= 0.3 is 0 Å². The van der Waals surface area contributed by atoms with Crippen LogP contribution in [0.3, 0.4) is 0 Å². The number of unbranched alkanes of at least 4 members (excludes halogenated alkanes) is 1. The van der Waals surface area contributed by atoms with Crippen LogP contribution >= 0.6 is 0 Å². The van der Waals surface area contributed by atoms with E-state index in [9.17, 15) is 10.4 Å². The van der Waals surface area contributed by atoms with Crippen LogP contribution in [0.5, 0.6) is 28.9 Å². The standard InChI is InChI=1S/C27H26N2O5/c1-3-4-7-23-21(6-5-14-30)26(18-8-10-19(31-2)11-9-18)22(16-28)27(29-23)34-20-12-13-24-25(15-20)33-17-32-24/h5-6,8-13,15,30H,3-4,7,14,17H2,1-2H3. The zero-order chi connectivity index (χ0) is 23.9. The highest BCUT2D eigenvalue weighted by molar-refractivity contribution is 5.83. The van der Waals surface area contributed by atoms with Crippen LogP contribution in [0.1, 0.15) is 36.6 Å². The van der Waals surface area contributed by atoms with Crippen LogP contribution in [0.2, 0.25) is 0 Å². The molecular formula is C27H26N2O5. The number of fused-ring (bicyclic) bond motifs is 1. The van der Waals surface area contributed by atoms with E-state index in [1.54, 1.807) is 31.4 Å². The third kappa shape index (κ3) is 4.82. The monoisotopic (exact) mass is 458 g/mol. The topological polar surface area (TPSA) is 93.8 Å². The summed E-state index contributed by atoms with van der Waals surface area (Å²) in [5.41, 5.74) is 3.42. The van der Waals surface area contributed by atoms with Crippen molar-refractivity contribution in [3.63, 3.8) is 0 Å². The zero-order valence-corrected chi connectivity index (χ0v) is 19.2. The average Bonchev–Trinajstić information content (AvgIpc) is 3.34. The van der Waals surface area contributed by atoms with E-state index in [1.807, 2.05) is 30.3 Å². The number of hydrogen-bond donors (Lipinski definition) is 1. The minimum atomic E-state index is -0.118. The highest BCUT2D eigenvalue weighted by atomic mass is 16.7. The van der Waals surface area contributed by atoms with Gasteiger partial charge in [-0.25, -0.2) is 4.98 Å². The van der Waals surface area contributed by atoms with Crippen molar-refractivity contribution in [2.24, 2.45) is 0 Å². The molecule has 34 heavy (non-hydrogen) atoms. The first kappa shape index (κ1) is 23.1. The molecule has 1 aliphatic heterocycles. The van der Waals surface area contributed by atoms with Crippen LogP contribution in [0, 0.1) is 11.3 Å². The van der Waals surface area contributed by atoms with E-state index in [4.69, 9.17) is 23.9 Å². The van der Waals surface area contributed by atoms with Crippen molar-refractivity contribution in [3.05, 3.63) is 65.4 Å². The molecule has 0 saturated heterocycles. The lowest BCUT2D eigenvalue weighted by Crippen LogP contribution is -2.04. The van der Waals surface area contributed by atoms with Gasteiger partial charge in [-0.1, -0.05) is 37.6 Å². The summed E-state index contributed by atoms with van der Waals surface area (Å²) in [5.74, 6) is 2.66. The Kier molecular flexibility index (Phi) is 7.31. The molecule has 1 aromatic heterocycles. The second-order valence-electron chi connectivity index (χ2n) is 7.67. The summed E-state index contributed by atoms with van der Waals surface area (Å²) in [7, 11) is 1.61. The number of aromatic nitrogens is 1. The molecule has 174 valence electrons. The van der Waals surface area contributed by atoms with Crippen molar-refractivity contribution in [3.8, 4) is 46.1 Å². The summed E-state index contributed by atoms with van der Waals surface area (Å²) >= 11 is 0. The fourth-order valence-corrected chi connectivity index (χ4v) is 3.80. The maximum Gasteiger partial charge on any atom is 0.238 e. The predicted octanol–water partition coefficient (Wildman–Crippen LogP) is 5.50. The fraction of sp³-hybridized carbons (Fsp3) is 0.259. The minimum Gasteiger partial charge on any atom is -0.497 e. The molecule has 2 heterocycles. The molecule has 0 bridgehead atoms. The molecule has 1 N–H and O–H groups in total. The van der Waals surface area contributed by atoms with Crippen LogP contribution in [-0.4, -0.2) is 30.6 Å². The lowest BCUT2D eigenvalue weighted by atomic mass is 9.92. The van der Waals surface area contributed by atoms with Crippen molar-refractivity contribution >= 4 is 6.08 Å².